The van der Waals surface area contributed by atoms with Crippen molar-refractivity contribution in [2.75, 3.05) is 33.0 Å². The number of aliphatic hydroxyl groups is 1. The van der Waals surface area contributed by atoms with Gasteiger partial charge in [-0.25, -0.2) is 14.4 Å². The number of ether oxygens (including phenoxy) is 5. The van der Waals surface area contributed by atoms with Crippen LogP contribution in [0, 0.1) is 0 Å². The van der Waals surface area contributed by atoms with Crippen molar-refractivity contribution in [3.63, 3.8) is 0 Å². The van der Waals surface area contributed by atoms with E-state index in [1.165, 1.54) is 13.0 Å². The van der Waals surface area contributed by atoms with Gasteiger partial charge in [-0.05, 0) is 67.8 Å². The minimum Gasteiger partial charge on any atom is -0.462 e. The zero-order valence-corrected chi connectivity index (χ0v) is 24.8. The summed E-state index contributed by atoms with van der Waals surface area (Å²) in [6, 6.07) is 11.4. The van der Waals surface area contributed by atoms with Gasteiger partial charge in [0.25, 0.3) is 0 Å². The molecule has 0 aliphatic heterocycles. The van der Waals surface area contributed by atoms with E-state index in [-0.39, 0.29) is 61.9 Å². The van der Waals surface area contributed by atoms with Crippen molar-refractivity contribution in [2.45, 2.75) is 39.9 Å². The van der Waals surface area contributed by atoms with Crippen LogP contribution in [0.25, 0.3) is 11.1 Å². The van der Waals surface area contributed by atoms with Crippen LogP contribution in [0.4, 0.5) is 0 Å². The molecule has 0 heterocycles. The van der Waals surface area contributed by atoms with Crippen LogP contribution in [0.1, 0.15) is 54.3 Å². The SMILES string of the molecule is C=C(C)C(=O)OCCCOCC(=O)c1cc(C(=O)OCCCOC(=O)C(=C)C)cc(-c2ccc(O[C@H](O)C(=C)C)cc2)c1. The van der Waals surface area contributed by atoms with Gasteiger partial charge in [0.2, 0.25) is 6.29 Å². The molecule has 0 saturated heterocycles. The smallest absolute Gasteiger partial charge is 0.338 e. The van der Waals surface area contributed by atoms with E-state index in [1.807, 2.05) is 0 Å². The Bertz CT molecular complexity index is 1340. The second-order valence-corrected chi connectivity index (χ2v) is 9.79. The summed E-state index contributed by atoms with van der Waals surface area (Å²) in [5, 5.41) is 9.91. The molecule has 1 N–H and O–H groups in total. The van der Waals surface area contributed by atoms with Crippen molar-refractivity contribution in [2.24, 2.45) is 0 Å². The Kier molecular flexibility index (Phi) is 14.0. The quantitative estimate of drug-likeness (QED) is 0.0478. The van der Waals surface area contributed by atoms with Gasteiger partial charge in [-0.3, -0.25) is 4.79 Å². The molecule has 0 aliphatic rings. The molecule has 2 aromatic carbocycles. The van der Waals surface area contributed by atoms with Gasteiger partial charge in [0, 0.05) is 29.6 Å². The predicted octanol–water partition coefficient (Wildman–Crippen LogP) is 5.00. The van der Waals surface area contributed by atoms with Crippen LogP contribution < -0.4 is 4.74 Å². The van der Waals surface area contributed by atoms with Crippen molar-refractivity contribution >= 4 is 23.7 Å². The number of hydrogen-bond acceptors (Lipinski definition) is 10. The largest absolute Gasteiger partial charge is 0.462 e. The number of aliphatic hydroxyl groups excluding tert-OH is 1. The van der Waals surface area contributed by atoms with Crippen LogP contribution in [0.2, 0.25) is 0 Å². The second kappa shape index (κ2) is 17.4. The van der Waals surface area contributed by atoms with E-state index in [4.69, 9.17) is 23.7 Å². The molecular formula is C33H38O10. The lowest BCUT2D eigenvalue weighted by Gasteiger charge is -2.14. The lowest BCUT2D eigenvalue weighted by Crippen LogP contribution is -2.15. The van der Waals surface area contributed by atoms with Crippen molar-refractivity contribution in [3.8, 4) is 16.9 Å². The Morgan fingerprint density at radius 1 is 0.721 bits per heavy atom. The number of rotatable bonds is 18. The summed E-state index contributed by atoms with van der Waals surface area (Å²) < 4.78 is 26.2. The summed E-state index contributed by atoms with van der Waals surface area (Å²) >= 11 is 0. The van der Waals surface area contributed by atoms with E-state index in [2.05, 4.69) is 19.7 Å². The first-order chi connectivity index (χ1) is 20.4. The third-order valence-corrected chi connectivity index (χ3v) is 5.70. The summed E-state index contributed by atoms with van der Waals surface area (Å²) in [5.74, 6) is -1.65. The monoisotopic (exact) mass is 594 g/mol. The molecule has 0 unspecified atom stereocenters. The number of carbonyl (C=O) groups is 4. The second-order valence-electron chi connectivity index (χ2n) is 9.79. The molecule has 2 aromatic rings. The molecule has 10 nitrogen and oxygen atoms in total. The van der Waals surface area contributed by atoms with E-state index in [9.17, 15) is 24.3 Å². The van der Waals surface area contributed by atoms with Crippen molar-refractivity contribution < 1.29 is 48.0 Å². The minimum atomic E-state index is -1.16. The maximum atomic E-state index is 13.0. The van der Waals surface area contributed by atoms with Gasteiger partial charge in [0.1, 0.15) is 12.4 Å². The molecule has 43 heavy (non-hydrogen) atoms. The highest BCUT2D eigenvalue weighted by atomic mass is 16.6. The van der Waals surface area contributed by atoms with Crippen LogP contribution >= 0.6 is 0 Å². The number of Topliss-reactive ketones (excluding diaryl/α,β-unsaturated/α-hetero) is 1. The Labute approximate surface area is 251 Å². The van der Waals surface area contributed by atoms with Crippen molar-refractivity contribution in [3.05, 3.63) is 90.0 Å². The van der Waals surface area contributed by atoms with Gasteiger partial charge in [-0.1, -0.05) is 31.9 Å². The fourth-order valence-electron chi connectivity index (χ4n) is 3.32. The molecule has 0 bridgehead atoms. The van der Waals surface area contributed by atoms with Gasteiger partial charge in [0.05, 0.1) is 32.0 Å². The van der Waals surface area contributed by atoms with Crippen LogP contribution in [0.5, 0.6) is 5.75 Å². The van der Waals surface area contributed by atoms with Crippen molar-refractivity contribution in [1.82, 2.24) is 0 Å². The molecular weight excluding hydrogens is 556 g/mol. The van der Waals surface area contributed by atoms with E-state index in [1.54, 1.807) is 50.2 Å². The first-order valence-corrected chi connectivity index (χ1v) is 13.6. The third kappa shape index (κ3) is 12.1. The Hall–Kier alpha value is -4.54. The third-order valence-electron chi connectivity index (χ3n) is 5.70. The van der Waals surface area contributed by atoms with Crippen molar-refractivity contribution in [1.29, 1.82) is 0 Å². The molecule has 0 aromatic heterocycles. The average molecular weight is 595 g/mol. The molecule has 0 saturated carbocycles. The van der Waals surface area contributed by atoms with E-state index in [0.717, 1.165) is 0 Å². The van der Waals surface area contributed by atoms with E-state index < -0.39 is 24.2 Å². The predicted molar refractivity (Wildman–Crippen MR) is 160 cm³/mol. The van der Waals surface area contributed by atoms with Crippen LogP contribution in [-0.4, -0.2) is 68.1 Å². The van der Waals surface area contributed by atoms with Crippen LogP contribution in [0.3, 0.4) is 0 Å². The molecule has 0 aliphatic carbocycles. The standard InChI is InChI=1S/C33H38O10/c1-21(2)30(35)40-14-7-13-39-20-29(34)26-17-25(24-9-11-28(12-10-24)43-32(37)23(5)6)18-27(19-26)33(38)42-16-8-15-41-31(36)22(3)4/h9-12,17-19,32,37H,1,3,5,7-8,13-16,20H2,2,4,6H3/t32-/m0/s1. The van der Waals surface area contributed by atoms with Crippen LogP contribution in [0.15, 0.2) is 78.9 Å². The van der Waals surface area contributed by atoms with Crippen LogP contribution in [-0.2, 0) is 28.5 Å². The fraction of sp³-hybridized carbons (Fsp3) is 0.333. The number of ketones is 1. The Morgan fingerprint density at radius 3 is 1.81 bits per heavy atom. The van der Waals surface area contributed by atoms with Gasteiger partial charge in [-0.2, -0.15) is 0 Å². The first-order valence-electron chi connectivity index (χ1n) is 13.6. The molecule has 0 amide bonds. The highest BCUT2D eigenvalue weighted by Crippen LogP contribution is 2.26. The molecule has 1 atom stereocenters. The number of esters is 3. The lowest BCUT2D eigenvalue weighted by atomic mass is 9.98. The minimum absolute atomic E-state index is 0.00798. The summed E-state index contributed by atoms with van der Waals surface area (Å²) in [6.45, 7) is 15.5. The number of hydrogen-bond donors (Lipinski definition) is 1. The number of benzene rings is 2. The molecule has 10 heteroatoms. The molecule has 0 spiro atoms. The maximum Gasteiger partial charge on any atom is 0.338 e. The Morgan fingerprint density at radius 2 is 1.26 bits per heavy atom. The van der Waals surface area contributed by atoms with Gasteiger partial charge in [-0.15, -0.1) is 0 Å². The number of carbonyl (C=O) groups excluding carboxylic acids is 4. The summed E-state index contributed by atoms with van der Waals surface area (Å²) in [7, 11) is 0. The fourth-order valence-corrected chi connectivity index (χ4v) is 3.32. The normalized spacial score (nSPS) is 11.2. The summed E-state index contributed by atoms with van der Waals surface area (Å²) in [4.78, 5) is 48.8. The molecule has 2 rings (SSSR count). The van der Waals surface area contributed by atoms with E-state index >= 15 is 0 Å². The topological polar surface area (TPSA) is 135 Å². The lowest BCUT2D eigenvalue weighted by molar-refractivity contribution is -0.140. The van der Waals surface area contributed by atoms with E-state index in [0.29, 0.717) is 34.4 Å². The first kappa shape index (κ1) is 34.7. The molecule has 0 fully saturated rings. The van der Waals surface area contributed by atoms with Gasteiger partial charge < -0.3 is 28.8 Å². The van der Waals surface area contributed by atoms with Gasteiger partial charge in [0.15, 0.2) is 5.78 Å². The average Bonchev–Trinajstić information content (AvgIpc) is 2.98. The Balaban J connectivity index is 2.14. The summed E-state index contributed by atoms with van der Waals surface area (Å²) in [5.41, 5.74) is 2.62. The molecule has 0 radical (unpaired) electrons. The zero-order valence-electron chi connectivity index (χ0n) is 24.8. The highest BCUT2D eigenvalue weighted by Gasteiger charge is 2.16. The maximum absolute atomic E-state index is 13.0. The highest BCUT2D eigenvalue weighted by molar-refractivity contribution is 6.01. The summed E-state index contributed by atoms with van der Waals surface area (Å²) in [6.07, 6.45) is -0.487. The molecule has 230 valence electrons. The zero-order chi connectivity index (χ0) is 31.9. The van der Waals surface area contributed by atoms with Gasteiger partial charge >= 0.3 is 17.9 Å².